The van der Waals surface area contributed by atoms with Crippen LogP contribution in [0.15, 0.2) is 48.5 Å². The molecule has 2 aromatic rings. The molecule has 0 aliphatic carbocycles. The van der Waals surface area contributed by atoms with Gasteiger partial charge >= 0.3 is 0 Å². The van der Waals surface area contributed by atoms with E-state index in [1.54, 1.807) is 0 Å². The van der Waals surface area contributed by atoms with E-state index in [1.165, 1.54) is 42.4 Å². The number of nitrogens with one attached hydrogen (secondary N) is 1. The number of unbranched alkanes of at least 4 members (excludes halogenated alkanes) is 4. The Bertz CT molecular complexity index is 667. The van der Waals surface area contributed by atoms with Crippen molar-refractivity contribution >= 4 is 0 Å². The van der Waals surface area contributed by atoms with Gasteiger partial charge in [0, 0.05) is 12.6 Å². The Labute approximate surface area is 172 Å². The molecular weight excluding hydrogens is 342 g/mol. The minimum absolute atomic E-state index is 0.207. The average molecular weight is 382 g/mol. The summed E-state index contributed by atoms with van der Waals surface area (Å²) < 4.78 is 5.87. The first-order valence-electron chi connectivity index (χ1n) is 11.0. The highest BCUT2D eigenvalue weighted by atomic mass is 16.5. The summed E-state index contributed by atoms with van der Waals surface area (Å²) in [6.07, 6.45) is 6.36. The van der Waals surface area contributed by atoms with E-state index in [0.29, 0.717) is 6.04 Å². The van der Waals surface area contributed by atoms with E-state index in [9.17, 15) is 0 Å². The standard InChI is InChI=1S/C26H39NO/c1-6-7-8-9-10-19-28-25-17-13-23(14-18-25)21(2)27-20-22-11-15-24(16-12-22)26(3,4)5/h11-18,21,27H,6-10,19-20H2,1-5H3. The molecule has 0 aromatic heterocycles. The van der Waals surface area contributed by atoms with Crippen molar-refractivity contribution < 1.29 is 4.74 Å². The number of hydrogen-bond acceptors (Lipinski definition) is 2. The molecule has 2 rings (SSSR count). The Morgan fingerprint density at radius 3 is 2.11 bits per heavy atom. The van der Waals surface area contributed by atoms with Crippen molar-refractivity contribution in [3.8, 4) is 5.75 Å². The zero-order valence-electron chi connectivity index (χ0n) is 18.6. The molecule has 1 N–H and O–H groups in total. The second kappa shape index (κ2) is 11.3. The maximum Gasteiger partial charge on any atom is 0.119 e. The van der Waals surface area contributed by atoms with Crippen LogP contribution in [0.25, 0.3) is 0 Å². The molecule has 1 atom stereocenters. The molecule has 28 heavy (non-hydrogen) atoms. The molecule has 0 heterocycles. The quantitative estimate of drug-likeness (QED) is 0.416. The largest absolute Gasteiger partial charge is 0.494 e. The molecule has 0 bridgehead atoms. The highest BCUT2D eigenvalue weighted by Crippen LogP contribution is 2.23. The van der Waals surface area contributed by atoms with Crippen LogP contribution >= 0.6 is 0 Å². The maximum absolute atomic E-state index is 5.87. The predicted octanol–water partition coefficient (Wildman–Crippen LogP) is 7.18. The van der Waals surface area contributed by atoms with E-state index < -0.39 is 0 Å². The van der Waals surface area contributed by atoms with Crippen molar-refractivity contribution in [1.29, 1.82) is 0 Å². The van der Waals surface area contributed by atoms with Gasteiger partial charge < -0.3 is 10.1 Å². The Hall–Kier alpha value is -1.80. The molecule has 0 aliphatic heterocycles. The number of rotatable bonds is 11. The second-order valence-corrected chi connectivity index (χ2v) is 8.88. The van der Waals surface area contributed by atoms with Gasteiger partial charge in [-0.3, -0.25) is 0 Å². The minimum atomic E-state index is 0.207. The van der Waals surface area contributed by atoms with E-state index in [0.717, 1.165) is 25.3 Å². The first-order valence-corrected chi connectivity index (χ1v) is 11.0. The van der Waals surface area contributed by atoms with Crippen LogP contribution in [0, 0.1) is 0 Å². The van der Waals surface area contributed by atoms with E-state index in [4.69, 9.17) is 4.74 Å². The maximum atomic E-state index is 5.87. The topological polar surface area (TPSA) is 21.3 Å². The molecule has 0 aliphatic rings. The fraction of sp³-hybridized carbons (Fsp3) is 0.538. The van der Waals surface area contributed by atoms with Crippen LogP contribution in [-0.4, -0.2) is 6.61 Å². The molecule has 0 saturated carbocycles. The van der Waals surface area contributed by atoms with Crippen LogP contribution in [0.5, 0.6) is 5.75 Å². The molecule has 2 nitrogen and oxygen atoms in total. The van der Waals surface area contributed by atoms with Gasteiger partial charge in [-0.25, -0.2) is 0 Å². The Kier molecular flexibility index (Phi) is 9.05. The van der Waals surface area contributed by atoms with Gasteiger partial charge in [0.05, 0.1) is 6.61 Å². The highest BCUT2D eigenvalue weighted by Gasteiger charge is 2.13. The lowest BCUT2D eigenvalue weighted by molar-refractivity contribution is 0.304. The molecule has 0 spiro atoms. The van der Waals surface area contributed by atoms with Gasteiger partial charge in [0.1, 0.15) is 5.75 Å². The van der Waals surface area contributed by atoms with Crippen molar-refractivity contribution in [2.24, 2.45) is 0 Å². The lowest BCUT2D eigenvalue weighted by atomic mass is 9.87. The van der Waals surface area contributed by atoms with Gasteiger partial charge in [-0.15, -0.1) is 0 Å². The summed E-state index contributed by atoms with van der Waals surface area (Å²) in [6, 6.07) is 17.8. The van der Waals surface area contributed by atoms with Gasteiger partial charge in [-0.1, -0.05) is 89.8 Å². The summed E-state index contributed by atoms with van der Waals surface area (Å²) in [5.41, 5.74) is 4.20. The van der Waals surface area contributed by atoms with Gasteiger partial charge in [-0.2, -0.15) is 0 Å². The Morgan fingerprint density at radius 1 is 0.857 bits per heavy atom. The van der Waals surface area contributed by atoms with Gasteiger partial charge in [-0.05, 0) is 47.6 Å². The lowest BCUT2D eigenvalue weighted by Gasteiger charge is -2.20. The summed E-state index contributed by atoms with van der Waals surface area (Å²) in [5, 5.41) is 3.62. The summed E-state index contributed by atoms with van der Waals surface area (Å²) in [6.45, 7) is 12.9. The molecule has 154 valence electrons. The first-order chi connectivity index (χ1) is 13.4. The third-order valence-corrected chi connectivity index (χ3v) is 5.33. The van der Waals surface area contributed by atoms with Crippen molar-refractivity contribution in [2.75, 3.05) is 6.61 Å². The SMILES string of the molecule is CCCCCCCOc1ccc(C(C)NCc2ccc(C(C)(C)C)cc2)cc1. The monoisotopic (exact) mass is 381 g/mol. The Balaban J connectivity index is 1.75. The zero-order valence-corrected chi connectivity index (χ0v) is 18.6. The normalized spacial score (nSPS) is 12.8. The van der Waals surface area contributed by atoms with Crippen molar-refractivity contribution in [2.45, 2.75) is 84.7 Å². The average Bonchev–Trinajstić information content (AvgIpc) is 2.69. The third kappa shape index (κ3) is 7.67. The minimum Gasteiger partial charge on any atom is -0.494 e. The molecular formula is C26H39NO. The van der Waals surface area contributed by atoms with Crippen LogP contribution in [0.4, 0.5) is 0 Å². The van der Waals surface area contributed by atoms with Crippen LogP contribution < -0.4 is 10.1 Å². The second-order valence-electron chi connectivity index (χ2n) is 8.88. The summed E-state index contributed by atoms with van der Waals surface area (Å²) >= 11 is 0. The van der Waals surface area contributed by atoms with Crippen LogP contribution in [0.1, 0.15) is 89.5 Å². The van der Waals surface area contributed by atoms with Crippen molar-refractivity contribution in [3.63, 3.8) is 0 Å². The van der Waals surface area contributed by atoms with Crippen LogP contribution in [0.2, 0.25) is 0 Å². The molecule has 0 amide bonds. The van der Waals surface area contributed by atoms with Crippen molar-refractivity contribution in [3.05, 3.63) is 65.2 Å². The van der Waals surface area contributed by atoms with E-state index in [1.807, 2.05) is 0 Å². The molecule has 1 unspecified atom stereocenters. The summed E-state index contributed by atoms with van der Waals surface area (Å²) in [7, 11) is 0. The fourth-order valence-corrected chi connectivity index (χ4v) is 3.26. The van der Waals surface area contributed by atoms with E-state index in [-0.39, 0.29) is 5.41 Å². The molecule has 2 aromatic carbocycles. The third-order valence-electron chi connectivity index (χ3n) is 5.33. The predicted molar refractivity (Wildman–Crippen MR) is 121 cm³/mol. The Morgan fingerprint density at radius 2 is 1.50 bits per heavy atom. The lowest BCUT2D eigenvalue weighted by Crippen LogP contribution is -2.18. The molecule has 0 fully saturated rings. The first kappa shape index (κ1) is 22.5. The number of benzene rings is 2. The molecule has 0 saturated heterocycles. The van der Waals surface area contributed by atoms with Gasteiger partial charge in [0.2, 0.25) is 0 Å². The van der Waals surface area contributed by atoms with Gasteiger partial charge in [0.25, 0.3) is 0 Å². The molecule has 2 heteroatoms. The zero-order chi connectivity index (χ0) is 20.4. The van der Waals surface area contributed by atoms with E-state index >= 15 is 0 Å². The molecule has 0 radical (unpaired) electrons. The van der Waals surface area contributed by atoms with Gasteiger partial charge in [0.15, 0.2) is 0 Å². The number of ether oxygens (including phenoxy) is 1. The summed E-state index contributed by atoms with van der Waals surface area (Å²) in [4.78, 5) is 0. The van der Waals surface area contributed by atoms with Crippen LogP contribution in [0.3, 0.4) is 0 Å². The highest BCUT2D eigenvalue weighted by molar-refractivity contribution is 5.30. The fourth-order valence-electron chi connectivity index (χ4n) is 3.26. The van der Waals surface area contributed by atoms with E-state index in [2.05, 4.69) is 88.5 Å². The number of hydrogen-bond donors (Lipinski definition) is 1. The van der Waals surface area contributed by atoms with Crippen molar-refractivity contribution in [1.82, 2.24) is 5.32 Å². The summed E-state index contributed by atoms with van der Waals surface area (Å²) in [5.74, 6) is 0.976. The van der Waals surface area contributed by atoms with Crippen LogP contribution in [-0.2, 0) is 12.0 Å². The smallest absolute Gasteiger partial charge is 0.119 e.